The van der Waals surface area contributed by atoms with Crippen molar-refractivity contribution in [2.24, 2.45) is 17.6 Å². The first-order valence-corrected chi connectivity index (χ1v) is 8.05. The summed E-state index contributed by atoms with van der Waals surface area (Å²) in [6, 6.07) is 2.48. The summed E-state index contributed by atoms with van der Waals surface area (Å²) in [5.74, 6) is 2.52. The Morgan fingerprint density at radius 1 is 1.19 bits per heavy atom. The summed E-state index contributed by atoms with van der Waals surface area (Å²) in [4.78, 5) is 8.98. The van der Waals surface area contributed by atoms with Crippen LogP contribution in [-0.2, 0) is 6.42 Å². The molecule has 0 fully saturated rings. The van der Waals surface area contributed by atoms with Gasteiger partial charge in [-0.05, 0) is 51.1 Å². The van der Waals surface area contributed by atoms with Crippen molar-refractivity contribution in [2.45, 2.75) is 53.0 Å². The molecule has 21 heavy (non-hydrogen) atoms. The van der Waals surface area contributed by atoms with Crippen LogP contribution >= 0.6 is 0 Å². The largest absolute Gasteiger partial charge is 0.330 e. The number of aryl methyl sites for hydroxylation is 1. The van der Waals surface area contributed by atoms with E-state index in [2.05, 4.69) is 43.3 Å². The van der Waals surface area contributed by atoms with Crippen LogP contribution in [0.1, 0.15) is 52.4 Å². The molecule has 0 spiro atoms. The fourth-order valence-electron chi connectivity index (χ4n) is 3.09. The van der Waals surface area contributed by atoms with Crippen molar-refractivity contribution in [1.29, 1.82) is 0 Å². The summed E-state index contributed by atoms with van der Waals surface area (Å²) >= 11 is 0. The third-order valence-electron chi connectivity index (χ3n) is 4.30. The van der Waals surface area contributed by atoms with Crippen molar-refractivity contribution >= 4 is 11.0 Å². The molecule has 2 rings (SSSR count). The molecule has 2 heterocycles. The van der Waals surface area contributed by atoms with Gasteiger partial charge < -0.3 is 10.3 Å². The third-order valence-corrected chi connectivity index (χ3v) is 4.30. The summed E-state index contributed by atoms with van der Waals surface area (Å²) < 4.78 is 2.34. The lowest BCUT2D eigenvalue weighted by atomic mass is 9.88. The molecule has 0 saturated heterocycles. The van der Waals surface area contributed by atoms with E-state index in [1.807, 2.05) is 12.4 Å². The lowest BCUT2D eigenvalue weighted by Gasteiger charge is -2.20. The lowest BCUT2D eigenvalue weighted by Crippen LogP contribution is -2.16. The van der Waals surface area contributed by atoms with Gasteiger partial charge in [-0.25, -0.2) is 4.98 Å². The van der Waals surface area contributed by atoms with Crippen LogP contribution in [0.2, 0.25) is 0 Å². The lowest BCUT2D eigenvalue weighted by molar-refractivity contribution is 0.337. The molecular weight excluding hydrogens is 260 g/mol. The molecule has 0 saturated carbocycles. The van der Waals surface area contributed by atoms with Crippen LogP contribution in [0.4, 0.5) is 0 Å². The highest BCUT2D eigenvalue weighted by atomic mass is 15.1. The number of imidazole rings is 1. The quantitative estimate of drug-likeness (QED) is 0.847. The monoisotopic (exact) mass is 288 g/mol. The van der Waals surface area contributed by atoms with Gasteiger partial charge in [0.1, 0.15) is 11.3 Å². The number of rotatable bonds is 7. The molecule has 4 nitrogen and oxygen atoms in total. The molecular formula is C17H28N4. The normalized spacial score (nSPS) is 13.5. The Morgan fingerprint density at radius 3 is 2.57 bits per heavy atom. The first kappa shape index (κ1) is 16.0. The highest BCUT2D eigenvalue weighted by molar-refractivity contribution is 5.74. The van der Waals surface area contributed by atoms with E-state index in [1.165, 1.54) is 11.3 Å². The van der Waals surface area contributed by atoms with Crippen LogP contribution in [0.25, 0.3) is 11.0 Å². The van der Waals surface area contributed by atoms with Crippen molar-refractivity contribution in [3.8, 4) is 0 Å². The van der Waals surface area contributed by atoms with Gasteiger partial charge in [0.15, 0.2) is 0 Å². The van der Waals surface area contributed by atoms with E-state index >= 15 is 0 Å². The van der Waals surface area contributed by atoms with Gasteiger partial charge in [-0.1, -0.05) is 13.8 Å². The molecule has 2 aromatic heterocycles. The topological polar surface area (TPSA) is 56.7 Å². The first-order valence-electron chi connectivity index (χ1n) is 8.05. The predicted octanol–water partition coefficient (Wildman–Crippen LogP) is 3.57. The van der Waals surface area contributed by atoms with E-state index in [0.29, 0.717) is 17.9 Å². The number of pyridine rings is 1. The number of hydrogen-bond acceptors (Lipinski definition) is 3. The molecule has 116 valence electrons. The van der Waals surface area contributed by atoms with Crippen LogP contribution in [0.15, 0.2) is 18.5 Å². The minimum atomic E-state index is 0.416. The molecule has 0 aromatic carbocycles. The average molecular weight is 288 g/mol. The Hall–Kier alpha value is -1.42. The van der Waals surface area contributed by atoms with Gasteiger partial charge in [0, 0.05) is 18.7 Å². The van der Waals surface area contributed by atoms with Crippen LogP contribution in [0.5, 0.6) is 0 Å². The SMILES string of the molecule is CC(C)C(CCN)CCc1nc2cnccc2n1C(C)C. The molecule has 1 atom stereocenters. The fourth-order valence-corrected chi connectivity index (χ4v) is 3.09. The maximum Gasteiger partial charge on any atom is 0.110 e. The minimum absolute atomic E-state index is 0.416. The van der Waals surface area contributed by atoms with Crippen LogP contribution < -0.4 is 5.73 Å². The molecule has 1 unspecified atom stereocenters. The van der Waals surface area contributed by atoms with Crippen molar-refractivity contribution in [1.82, 2.24) is 14.5 Å². The van der Waals surface area contributed by atoms with Crippen molar-refractivity contribution in [3.05, 3.63) is 24.3 Å². The molecule has 0 amide bonds. The van der Waals surface area contributed by atoms with Crippen molar-refractivity contribution in [2.75, 3.05) is 6.54 Å². The van der Waals surface area contributed by atoms with E-state index in [-0.39, 0.29) is 0 Å². The molecule has 2 N–H and O–H groups in total. The summed E-state index contributed by atoms with van der Waals surface area (Å²) in [5.41, 5.74) is 7.94. The maximum absolute atomic E-state index is 5.75. The van der Waals surface area contributed by atoms with E-state index in [1.54, 1.807) is 0 Å². The molecule has 4 heteroatoms. The molecule has 0 bridgehead atoms. The maximum atomic E-state index is 5.75. The average Bonchev–Trinajstić information content (AvgIpc) is 2.81. The van der Waals surface area contributed by atoms with Gasteiger partial charge >= 0.3 is 0 Å². The number of nitrogens with two attached hydrogens (primary N) is 1. The van der Waals surface area contributed by atoms with E-state index in [4.69, 9.17) is 10.7 Å². The number of nitrogens with zero attached hydrogens (tertiary/aromatic N) is 3. The fraction of sp³-hybridized carbons (Fsp3) is 0.647. The summed E-state index contributed by atoms with van der Waals surface area (Å²) in [5, 5.41) is 0. The van der Waals surface area contributed by atoms with E-state index in [0.717, 1.165) is 31.3 Å². The summed E-state index contributed by atoms with van der Waals surface area (Å²) in [7, 11) is 0. The van der Waals surface area contributed by atoms with Crippen molar-refractivity contribution < 1.29 is 0 Å². The highest BCUT2D eigenvalue weighted by Gasteiger charge is 2.17. The van der Waals surface area contributed by atoms with Crippen LogP contribution in [0, 0.1) is 11.8 Å². The standard InChI is InChI=1S/C17H28N4/c1-12(2)14(7-9-18)5-6-17-20-15-11-19-10-8-16(15)21(17)13(3)4/h8,10-14H,5-7,9,18H2,1-4H3. The van der Waals surface area contributed by atoms with Gasteiger partial charge in [0.2, 0.25) is 0 Å². The van der Waals surface area contributed by atoms with E-state index in [9.17, 15) is 0 Å². The molecule has 0 aliphatic heterocycles. The van der Waals surface area contributed by atoms with Crippen molar-refractivity contribution in [3.63, 3.8) is 0 Å². The number of hydrogen-bond donors (Lipinski definition) is 1. The zero-order valence-electron chi connectivity index (χ0n) is 13.7. The zero-order valence-corrected chi connectivity index (χ0v) is 13.7. The Kier molecular flexibility index (Phi) is 5.34. The number of fused-ring (bicyclic) bond motifs is 1. The second kappa shape index (κ2) is 7.03. The molecule has 2 aromatic rings. The molecule has 0 aliphatic rings. The molecule has 0 radical (unpaired) electrons. The minimum Gasteiger partial charge on any atom is -0.330 e. The van der Waals surface area contributed by atoms with E-state index < -0.39 is 0 Å². The predicted molar refractivity (Wildman–Crippen MR) is 88.2 cm³/mol. The van der Waals surface area contributed by atoms with Gasteiger partial charge in [-0.15, -0.1) is 0 Å². The van der Waals surface area contributed by atoms with Crippen LogP contribution in [0.3, 0.4) is 0 Å². The summed E-state index contributed by atoms with van der Waals surface area (Å²) in [6.45, 7) is 9.77. The zero-order chi connectivity index (χ0) is 15.4. The van der Waals surface area contributed by atoms with Gasteiger partial charge in [0.05, 0.1) is 11.7 Å². The Bertz CT molecular complexity index is 571. The van der Waals surface area contributed by atoms with Gasteiger partial charge in [0.25, 0.3) is 0 Å². The third kappa shape index (κ3) is 3.62. The Morgan fingerprint density at radius 2 is 1.95 bits per heavy atom. The Balaban J connectivity index is 2.23. The van der Waals surface area contributed by atoms with Gasteiger partial charge in [-0.2, -0.15) is 0 Å². The first-order chi connectivity index (χ1) is 10.0. The molecule has 0 aliphatic carbocycles. The second-order valence-corrected chi connectivity index (χ2v) is 6.48. The smallest absolute Gasteiger partial charge is 0.110 e. The number of aromatic nitrogens is 3. The van der Waals surface area contributed by atoms with Gasteiger partial charge in [-0.3, -0.25) is 4.98 Å². The summed E-state index contributed by atoms with van der Waals surface area (Å²) in [6.07, 6.45) is 6.96. The second-order valence-electron chi connectivity index (χ2n) is 6.48. The Labute approximate surface area is 127 Å². The highest BCUT2D eigenvalue weighted by Crippen LogP contribution is 2.25. The van der Waals surface area contributed by atoms with Crippen LogP contribution in [-0.4, -0.2) is 21.1 Å².